The standard InChI is InChI=1S/C14H18BrNO4/c1-9(14(17)18)16(2)8-10-6-12-13(7-11(10)15)20-5-3-4-19-12/h6-7,9H,3-5,8H2,1-2H3,(H,17,18). The van der Waals surface area contributed by atoms with Crippen LogP contribution in [0.2, 0.25) is 0 Å². The first kappa shape index (κ1) is 15.1. The van der Waals surface area contributed by atoms with Crippen LogP contribution in [0, 0.1) is 0 Å². The van der Waals surface area contributed by atoms with E-state index in [2.05, 4.69) is 15.9 Å². The summed E-state index contributed by atoms with van der Waals surface area (Å²) in [5.41, 5.74) is 0.977. The van der Waals surface area contributed by atoms with E-state index < -0.39 is 12.0 Å². The van der Waals surface area contributed by atoms with Crippen LogP contribution in [0.3, 0.4) is 0 Å². The first-order valence-corrected chi connectivity index (χ1v) is 7.29. The van der Waals surface area contributed by atoms with Crippen LogP contribution in [0.1, 0.15) is 18.9 Å². The van der Waals surface area contributed by atoms with Gasteiger partial charge in [-0.15, -0.1) is 0 Å². The van der Waals surface area contributed by atoms with Crippen LogP contribution in [-0.2, 0) is 11.3 Å². The number of aliphatic carboxylic acids is 1. The lowest BCUT2D eigenvalue weighted by Crippen LogP contribution is -2.35. The van der Waals surface area contributed by atoms with E-state index >= 15 is 0 Å². The highest BCUT2D eigenvalue weighted by molar-refractivity contribution is 9.10. The molecule has 20 heavy (non-hydrogen) atoms. The molecule has 1 aliphatic rings. The fourth-order valence-corrected chi connectivity index (χ4v) is 2.39. The molecule has 0 aromatic heterocycles. The van der Waals surface area contributed by atoms with Gasteiger partial charge in [-0.2, -0.15) is 0 Å². The number of hydrogen-bond donors (Lipinski definition) is 1. The molecule has 0 saturated heterocycles. The molecule has 1 N–H and O–H groups in total. The van der Waals surface area contributed by atoms with Gasteiger partial charge in [0.15, 0.2) is 11.5 Å². The zero-order valence-corrected chi connectivity index (χ0v) is 13.1. The number of hydrogen-bond acceptors (Lipinski definition) is 4. The molecule has 5 nitrogen and oxygen atoms in total. The molecule has 1 aliphatic heterocycles. The molecule has 0 bridgehead atoms. The average Bonchev–Trinajstić information content (AvgIpc) is 2.63. The molecule has 0 spiro atoms. The summed E-state index contributed by atoms with van der Waals surface area (Å²) in [5.74, 6) is 0.613. The first-order chi connectivity index (χ1) is 9.49. The first-order valence-electron chi connectivity index (χ1n) is 6.50. The normalized spacial score (nSPS) is 15.8. The van der Waals surface area contributed by atoms with Crippen molar-refractivity contribution in [1.29, 1.82) is 0 Å². The second-order valence-corrected chi connectivity index (χ2v) is 5.72. The number of rotatable bonds is 4. The highest BCUT2D eigenvalue weighted by Crippen LogP contribution is 2.35. The summed E-state index contributed by atoms with van der Waals surface area (Å²) < 4.78 is 12.2. The summed E-state index contributed by atoms with van der Waals surface area (Å²) in [6.45, 7) is 3.47. The minimum absolute atomic E-state index is 0.519. The number of fused-ring (bicyclic) bond motifs is 1. The van der Waals surface area contributed by atoms with Gasteiger partial charge in [0, 0.05) is 17.4 Å². The van der Waals surface area contributed by atoms with Crippen molar-refractivity contribution in [2.45, 2.75) is 25.9 Å². The lowest BCUT2D eigenvalue weighted by atomic mass is 10.1. The molecule has 1 unspecified atom stereocenters. The van der Waals surface area contributed by atoms with Crippen LogP contribution < -0.4 is 9.47 Å². The van der Waals surface area contributed by atoms with Crippen molar-refractivity contribution >= 4 is 21.9 Å². The maximum Gasteiger partial charge on any atom is 0.320 e. The van der Waals surface area contributed by atoms with E-state index in [9.17, 15) is 4.79 Å². The molecular formula is C14H18BrNO4. The van der Waals surface area contributed by atoms with Crippen molar-refractivity contribution < 1.29 is 19.4 Å². The second kappa shape index (κ2) is 6.45. The number of carbonyl (C=O) groups is 1. The van der Waals surface area contributed by atoms with Gasteiger partial charge in [0.2, 0.25) is 0 Å². The van der Waals surface area contributed by atoms with Crippen LogP contribution in [0.5, 0.6) is 11.5 Å². The lowest BCUT2D eigenvalue weighted by Gasteiger charge is -2.22. The Morgan fingerprint density at radius 1 is 1.40 bits per heavy atom. The van der Waals surface area contributed by atoms with Crippen LogP contribution >= 0.6 is 15.9 Å². The van der Waals surface area contributed by atoms with E-state index in [0.717, 1.165) is 28.0 Å². The summed E-state index contributed by atoms with van der Waals surface area (Å²) >= 11 is 3.51. The molecule has 2 rings (SSSR count). The Hall–Kier alpha value is -1.27. The Morgan fingerprint density at radius 3 is 2.60 bits per heavy atom. The number of nitrogens with zero attached hydrogens (tertiary/aromatic N) is 1. The van der Waals surface area contributed by atoms with Crippen molar-refractivity contribution in [1.82, 2.24) is 4.90 Å². The average molecular weight is 344 g/mol. The molecule has 1 aromatic rings. The van der Waals surface area contributed by atoms with Crippen LogP contribution in [0.15, 0.2) is 16.6 Å². The van der Waals surface area contributed by atoms with Gasteiger partial charge in [0.25, 0.3) is 0 Å². The van der Waals surface area contributed by atoms with E-state index in [4.69, 9.17) is 14.6 Å². The van der Waals surface area contributed by atoms with Crippen molar-refractivity contribution in [3.05, 3.63) is 22.2 Å². The summed E-state index contributed by atoms with van der Waals surface area (Å²) in [7, 11) is 1.79. The van der Waals surface area contributed by atoms with Crippen molar-refractivity contribution in [2.24, 2.45) is 0 Å². The number of benzene rings is 1. The Labute approximate surface area is 126 Å². The quantitative estimate of drug-likeness (QED) is 0.910. The second-order valence-electron chi connectivity index (χ2n) is 4.87. The zero-order chi connectivity index (χ0) is 14.7. The number of halogens is 1. The predicted molar refractivity (Wildman–Crippen MR) is 78.3 cm³/mol. The molecule has 0 radical (unpaired) electrons. The molecule has 0 aliphatic carbocycles. The zero-order valence-electron chi connectivity index (χ0n) is 11.6. The fourth-order valence-electron chi connectivity index (χ4n) is 1.94. The van der Waals surface area contributed by atoms with Gasteiger partial charge < -0.3 is 14.6 Å². The topological polar surface area (TPSA) is 59.0 Å². The van der Waals surface area contributed by atoms with Crippen molar-refractivity contribution in [3.8, 4) is 11.5 Å². The molecule has 6 heteroatoms. The Kier molecular flexibility index (Phi) is 4.88. The molecule has 0 saturated carbocycles. The molecular weight excluding hydrogens is 326 g/mol. The van der Waals surface area contributed by atoms with Crippen LogP contribution in [0.4, 0.5) is 0 Å². The number of ether oxygens (including phenoxy) is 2. The Morgan fingerprint density at radius 2 is 2.00 bits per heavy atom. The van der Waals surface area contributed by atoms with Crippen molar-refractivity contribution in [2.75, 3.05) is 20.3 Å². The Bertz CT molecular complexity index is 506. The molecule has 1 atom stereocenters. The van der Waals surface area contributed by atoms with E-state index in [1.165, 1.54) is 0 Å². The van der Waals surface area contributed by atoms with Crippen LogP contribution in [0.25, 0.3) is 0 Å². The molecule has 1 aromatic carbocycles. The molecule has 0 amide bonds. The van der Waals surface area contributed by atoms with Gasteiger partial charge in [-0.3, -0.25) is 9.69 Å². The third-order valence-corrected chi connectivity index (χ3v) is 4.09. The maximum atomic E-state index is 11.0. The monoisotopic (exact) mass is 343 g/mol. The SMILES string of the molecule is CC(C(=O)O)N(C)Cc1cc2c(cc1Br)OCCCO2. The van der Waals surface area contributed by atoms with E-state index in [1.807, 2.05) is 12.1 Å². The summed E-state index contributed by atoms with van der Waals surface area (Å²) in [5, 5.41) is 9.03. The highest BCUT2D eigenvalue weighted by Gasteiger charge is 2.19. The van der Waals surface area contributed by atoms with Gasteiger partial charge in [-0.05, 0) is 31.7 Å². The van der Waals surface area contributed by atoms with Gasteiger partial charge in [-0.25, -0.2) is 0 Å². The minimum atomic E-state index is -0.835. The summed E-state index contributed by atoms with van der Waals surface area (Å²) in [6, 6.07) is 3.25. The van der Waals surface area contributed by atoms with E-state index in [-0.39, 0.29) is 0 Å². The molecule has 110 valence electrons. The fraction of sp³-hybridized carbons (Fsp3) is 0.500. The molecule has 1 heterocycles. The lowest BCUT2D eigenvalue weighted by molar-refractivity contribution is -0.142. The smallest absolute Gasteiger partial charge is 0.320 e. The maximum absolute atomic E-state index is 11.0. The highest BCUT2D eigenvalue weighted by atomic mass is 79.9. The Balaban J connectivity index is 2.20. The predicted octanol–water partition coefficient (Wildman–Crippen LogP) is 2.52. The van der Waals surface area contributed by atoms with E-state index in [1.54, 1.807) is 18.9 Å². The third kappa shape index (κ3) is 3.43. The summed E-state index contributed by atoms with van der Waals surface area (Å²) in [6.07, 6.45) is 0.859. The van der Waals surface area contributed by atoms with Gasteiger partial charge in [0.05, 0.1) is 13.2 Å². The number of carboxylic acid groups (broad SMARTS) is 1. The third-order valence-electron chi connectivity index (χ3n) is 3.35. The van der Waals surface area contributed by atoms with Crippen LogP contribution in [-0.4, -0.2) is 42.3 Å². The van der Waals surface area contributed by atoms with E-state index in [0.29, 0.717) is 19.8 Å². The number of carboxylic acids is 1. The van der Waals surface area contributed by atoms with Gasteiger partial charge >= 0.3 is 5.97 Å². The number of likely N-dealkylation sites (N-methyl/N-ethyl adjacent to an activating group) is 1. The largest absolute Gasteiger partial charge is 0.490 e. The molecule has 0 fully saturated rings. The van der Waals surface area contributed by atoms with Gasteiger partial charge in [0.1, 0.15) is 6.04 Å². The van der Waals surface area contributed by atoms with Gasteiger partial charge in [-0.1, -0.05) is 15.9 Å². The summed E-state index contributed by atoms with van der Waals surface area (Å²) in [4.78, 5) is 12.8. The minimum Gasteiger partial charge on any atom is -0.490 e. The van der Waals surface area contributed by atoms with Crippen molar-refractivity contribution in [3.63, 3.8) is 0 Å².